The Morgan fingerprint density at radius 1 is 1.40 bits per heavy atom. The lowest BCUT2D eigenvalue weighted by Gasteiger charge is -2.35. The molecule has 1 unspecified atom stereocenters. The van der Waals surface area contributed by atoms with Crippen LogP contribution in [0.15, 0.2) is 0 Å². The molecule has 1 aliphatic rings. The van der Waals surface area contributed by atoms with Crippen LogP contribution in [0.25, 0.3) is 0 Å². The van der Waals surface area contributed by atoms with Crippen molar-refractivity contribution in [1.29, 1.82) is 0 Å². The van der Waals surface area contributed by atoms with Crippen molar-refractivity contribution in [3.8, 4) is 0 Å². The molecule has 116 valence electrons. The molecule has 0 radical (unpaired) electrons. The van der Waals surface area contributed by atoms with Gasteiger partial charge in [0.15, 0.2) is 0 Å². The van der Waals surface area contributed by atoms with E-state index >= 15 is 0 Å². The number of hydrogen-bond acceptors (Lipinski definition) is 4. The van der Waals surface area contributed by atoms with Crippen LogP contribution in [0.2, 0.25) is 0 Å². The molecule has 1 atom stereocenters. The molecule has 0 bridgehead atoms. The average Bonchev–Trinajstić information content (AvgIpc) is 2.34. The molecule has 0 spiro atoms. The van der Waals surface area contributed by atoms with Crippen LogP contribution in [-0.4, -0.2) is 60.8 Å². The van der Waals surface area contributed by atoms with Crippen LogP contribution in [0.4, 0.5) is 0 Å². The fourth-order valence-corrected chi connectivity index (χ4v) is 1.86. The normalized spacial score (nSPS) is 20.1. The lowest BCUT2D eigenvalue weighted by molar-refractivity contribution is -0.155. The highest BCUT2D eigenvalue weighted by Crippen LogP contribution is 2.11. The van der Waals surface area contributed by atoms with Gasteiger partial charge in [0, 0.05) is 12.6 Å². The number of ether oxygens (including phenoxy) is 2. The number of carbonyl (C=O) groups is 2. The Morgan fingerprint density at radius 3 is 2.60 bits per heavy atom. The quantitative estimate of drug-likeness (QED) is 0.819. The molecule has 6 heteroatoms. The summed E-state index contributed by atoms with van der Waals surface area (Å²) in [6.07, 6.45) is 0. The van der Waals surface area contributed by atoms with E-state index in [-0.39, 0.29) is 36.7 Å². The van der Waals surface area contributed by atoms with Gasteiger partial charge in [-0.15, -0.1) is 0 Å². The Kier molecular flexibility index (Phi) is 5.95. The van der Waals surface area contributed by atoms with Crippen molar-refractivity contribution in [2.24, 2.45) is 0 Å². The van der Waals surface area contributed by atoms with E-state index in [0.29, 0.717) is 13.2 Å². The fourth-order valence-electron chi connectivity index (χ4n) is 1.86. The maximum absolute atomic E-state index is 12.2. The third-order valence-electron chi connectivity index (χ3n) is 2.81. The molecular weight excluding hydrogens is 260 g/mol. The summed E-state index contributed by atoms with van der Waals surface area (Å²) in [6, 6.07) is -0.533. The van der Waals surface area contributed by atoms with Crippen molar-refractivity contribution in [2.75, 3.05) is 26.4 Å². The molecule has 1 rings (SSSR count). The van der Waals surface area contributed by atoms with E-state index < -0.39 is 6.04 Å². The number of carbonyl (C=O) groups excluding carboxylic acids is 2. The van der Waals surface area contributed by atoms with E-state index in [9.17, 15) is 9.59 Å². The Bertz CT molecular complexity index is 350. The third kappa shape index (κ3) is 5.46. The fraction of sp³-hybridized carbons (Fsp3) is 0.857. The second-order valence-electron chi connectivity index (χ2n) is 6.24. The van der Waals surface area contributed by atoms with Gasteiger partial charge in [-0.3, -0.25) is 9.59 Å². The summed E-state index contributed by atoms with van der Waals surface area (Å²) in [7, 11) is 0. The Hall–Kier alpha value is -1.14. The highest BCUT2D eigenvalue weighted by atomic mass is 16.5. The highest BCUT2D eigenvalue weighted by molar-refractivity contribution is 5.88. The lowest BCUT2D eigenvalue weighted by atomic mass is 10.2. The molecule has 0 saturated carbocycles. The molecule has 1 saturated heterocycles. The molecular formula is C14H26N2O4. The maximum atomic E-state index is 12.2. The van der Waals surface area contributed by atoms with Gasteiger partial charge in [0.2, 0.25) is 11.8 Å². The van der Waals surface area contributed by atoms with E-state index in [4.69, 9.17) is 9.47 Å². The first kappa shape index (κ1) is 16.9. The number of morpholine rings is 1. The molecule has 0 aromatic carbocycles. The first-order chi connectivity index (χ1) is 9.20. The highest BCUT2D eigenvalue weighted by Gasteiger charge is 2.33. The van der Waals surface area contributed by atoms with Gasteiger partial charge >= 0.3 is 0 Å². The minimum Gasteiger partial charge on any atom is -0.377 e. The smallest absolute Gasteiger partial charge is 0.249 e. The van der Waals surface area contributed by atoms with E-state index in [1.165, 1.54) is 0 Å². The summed E-state index contributed by atoms with van der Waals surface area (Å²) in [5.41, 5.74) is -0.377. The molecule has 0 aliphatic carbocycles. The van der Waals surface area contributed by atoms with Crippen molar-refractivity contribution in [3.05, 3.63) is 0 Å². The van der Waals surface area contributed by atoms with Gasteiger partial charge in [0.25, 0.3) is 0 Å². The van der Waals surface area contributed by atoms with E-state index in [0.717, 1.165) is 0 Å². The number of rotatable bonds is 4. The standard InChI is InChI=1S/C14H26N2O4/c1-10(2)15-13(18)11-8-19-7-6-16(11)12(17)9-20-14(3,4)5/h10-11H,6-9H2,1-5H3,(H,15,18). The van der Waals surface area contributed by atoms with Gasteiger partial charge in [0.05, 0.1) is 18.8 Å². The summed E-state index contributed by atoms with van der Waals surface area (Å²) >= 11 is 0. The molecule has 1 heterocycles. The average molecular weight is 286 g/mol. The van der Waals surface area contributed by atoms with Gasteiger partial charge in [-0.25, -0.2) is 0 Å². The zero-order valence-electron chi connectivity index (χ0n) is 13.1. The second-order valence-corrected chi connectivity index (χ2v) is 6.24. The number of nitrogens with one attached hydrogen (secondary N) is 1. The first-order valence-electron chi connectivity index (χ1n) is 7.02. The van der Waals surface area contributed by atoms with Crippen molar-refractivity contribution in [3.63, 3.8) is 0 Å². The van der Waals surface area contributed by atoms with Crippen LogP contribution in [0.3, 0.4) is 0 Å². The minimum absolute atomic E-state index is 0.0189. The SMILES string of the molecule is CC(C)NC(=O)C1COCCN1C(=O)COC(C)(C)C. The van der Waals surface area contributed by atoms with Crippen LogP contribution in [-0.2, 0) is 19.1 Å². The molecule has 2 amide bonds. The lowest BCUT2D eigenvalue weighted by Crippen LogP contribution is -2.57. The van der Waals surface area contributed by atoms with Gasteiger partial charge in [0.1, 0.15) is 12.6 Å². The van der Waals surface area contributed by atoms with Crippen LogP contribution >= 0.6 is 0 Å². The van der Waals surface area contributed by atoms with Crippen molar-refractivity contribution >= 4 is 11.8 Å². The molecule has 0 aromatic heterocycles. The monoisotopic (exact) mass is 286 g/mol. The topological polar surface area (TPSA) is 67.9 Å². The number of hydrogen-bond donors (Lipinski definition) is 1. The van der Waals surface area contributed by atoms with Crippen LogP contribution in [0, 0.1) is 0 Å². The van der Waals surface area contributed by atoms with Gasteiger partial charge in [-0.05, 0) is 34.6 Å². The summed E-state index contributed by atoms with van der Waals surface area (Å²) in [4.78, 5) is 25.9. The zero-order chi connectivity index (χ0) is 15.3. The molecule has 0 aromatic rings. The Balaban J connectivity index is 2.63. The van der Waals surface area contributed by atoms with E-state index in [1.807, 2.05) is 34.6 Å². The minimum atomic E-state index is -0.567. The first-order valence-corrected chi connectivity index (χ1v) is 7.02. The molecule has 1 N–H and O–H groups in total. The van der Waals surface area contributed by atoms with Crippen LogP contribution < -0.4 is 5.32 Å². The van der Waals surface area contributed by atoms with E-state index in [1.54, 1.807) is 4.90 Å². The van der Waals surface area contributed by atoms with Gasteiger partial charge in [-0.1, -0.05) is 0 Å². The van der Waals surface area contributed by atoms with Crippen molar-refractivity contribution in [2.45, 2.75) is 52.3 Å². The summed E-state index contributed by atoms with van der Waals surface area (Å²) in [5, 5.41) is 2.82. The second kappa shape index (κ2) is 7.04. The van der Waals surface area contributed by atoms with Crippen molar-refractivity contribution in [1.82, 2.24) is 10.2 Å². The predicted octanol–water partition coefficient (Wildman–Crippen LogP) is 0.554. The Labute approximate surface area is 120 Å². The summed E-state index contributed by atoms with van der Waals surface area (Å²) in [5.74, 6) is -0.351. The molecule has 6 nitrogen and oxygen atoms in total. The molecule has 20 heavy (non-hydrogen) atoms. The van der Waals surface area contributed by atoms with Gasteiger partial charge in [-0.2, -0.15) is 0 Å². The molecule has 1 fully saturated rings. The van der Waals surface area contributed by atoms with E-state index in [2.05, 4.69) is 5.32 Å². The maximum Gasteiger partial charge on any atom is 0.249 e. The third-order valence-corrected chi connectivity index (χ3v) is 2.81. The van der Waals surface area contributed by atoms with Crippen molar-refractivity contribution < 1.29 is 19.1 Å². The van der Waals surface area contributed by atoms with Crippen LogP contribution in [0.5, 0.6) is 0 Å². The molecule has 1 aliphatic heterocycles. The number of nitrogens with zero attached hydrogens (tertiary/aromatic N) is 1. The number of amides is 2. The van der Waals surface area contributed by atoms with Crippen LogP contribution in [0.1, 0.15) is 34.6 Å². The Morgan fingerprint density at radius 2 is 2.05 bits per heavy atom. The van der Waals surface area contributed by atoms with Gasteiger partial charge < -0.3 is 19.7 Å². The largest absolute Gasteiger partial charge is 0.377 e. The summed E-state index contributed by atoms with van der Waals surface area (Å²) < 4.78 is 10.8. The summed E-state index contributed by atoms with van der Waals surface area (Å²) in [6.45, 7) is 10.5. The predicted molar refractivity (Wildman–Crippen MR) is 75.3 cm³/mol. The zero-order valence-corrected chi connectivity index (χ0v) is 13.1.